The Labute approximate surface area is 108 Å². The van der Waals surface area contributed by atoms with Crippen LogP contribution in [0.15, 0.2) is 30.3 Å². The second-order valence-corrected chi connectivity index (χ2v) is 4.47. The van der Waals surface area contributed by atoms with Gasteiger partial charge in [-0.25, -0.2) is 14.4 Å². The predicted octanol–water partition coefficient (Wildman–Crippen LogP) is 3.73. The van der Waals surface area contributed by atoms with Crippen LogP contribution in [0.3, 0.4) is 0 Å². The standard InChI is InChI=1S/C13H9ClFN3/c1-7-2-5-11-13(16-7)18-12(17-11)9-4-3-8(14)6-10(9)15/h2-6H,1H3,(H,16,17,18). The van der Waals surface area contributed by atoms with Crippen LogP contribution in [-0.4, -0.2) is 15.0 Å². The van der Waals surface area contributed by atoms with E-state index in [1.165, 1.54) is 6.07 Å². The Morgan fingerprint density at radius 2 is 2.00 bits per heavy atom. The topological polar surface area (TPSA) is 41.6 Å². The van der Waals surface area contributed by atoms with Crippen molar-refractivity contribution >= 4 is 22.8 Å². The molecule has 1 N–H and O–H groups in total. The molecular formula is C13H9ClFN3. The first kappa shape index (κ1) is 11.2. The fourth-order valence-electron chi connectivity index (χ4n) is 1.80. The molecule has 0 fully saturated rings. The molecule has 3 rings (SSSR count). The lowest BCUT2D eigenvalue weighted by Crippen LogP contribution is -1.86. The molecule has 90 valence electrons. The molecule has 0 aliphatic rings. The lowest BCUT2D eigenvalue weighted by atomic mass is 10.2. The van der Waals surface area contributed by atoms with Crippen molar-refractivity contribution in [3.8, 4) is 11.4 Å². The van der Waals surface area contributed by atoms with Crippen LogP contribution >= 0.6 is 11.6 Å². The zero-order valence-corrected chi connectivity index (χ0v) is 10.3. The summed E-state index contributed by atoms with van der Waals surface area (Å²) in [5.41, 5.74) is 2.62. The Bertz CT molecular complexity index is 736. The van der Waals surface area contributed by atoms with E-state index in [0.717, 1.165) is 11.2 Å². The van der Waals surface area contributed by atoms with Gasteiger partial charge in [-0.2, -0.15) is 0 Å². The minimum atomic E-state index is -0.404. The molecule has 0 bridgehead atoms. The molecule has 0 aliphatic heterocycles. The largest absolute Gasteiger partial charge is 0.336 e. The third kappa shape index (κ3) is 1.84. The first-order chi connectivity index (χ1) is 8.63. The molecule has 0 saturated heterocycles. The highest BCUT2D eigenvalue weighted by Crippen LogP contribution is 2.24. The molecule has 5 heteroatoms. The van der Waals surface area contributed by atoms with Gasteiger partial charge in [-0.15, -0.1) is 0 Å². The number of imidazole rings is 1. The SMILES string of the molecule is Cc1ccc2[nH]c(-c3ccc(Cl)cc3F)nc2n1. The lowest BCUT2D eigenvalue weighted by Gasteiger charge is -1.98. The van der Waals surface area contributed by atoms with Gasteiger partial charge in [0.25, 0.3) is 0 Å². The summed E-state index contributed by atoms with van der Waals surface area (Å²) in [6.45, 7) is 1.89. The number of benzene rings is 1. The molecule has 0 atom stereocenters. The summed E-state index contributed by atoms with van der Waals surface area (Å²) in [5, 5.41) is 0.362. The van der Waals surface area contributed by atoms with Gasteiger partial charge < -0.3 is 4.98 Å². The van der Waals surface area contributed by atoms with Crippen LogP contribution in [-0.2, 0) is 0 Å². The van der Waals surface area contributed by atoms with E-state index in [9.17, 15) is 4.39 Å². The number of hydrogen-bond donors (Lipinski definition) is 1. The minimum absolute atomic E-state index is 0.362. The van der Waals surface area contributed by atoms with E-state index < -0.39 is 5.82 Å². The van der Waals surface area contributed by atoms with Crippen molar-refractivity contribution < 1.29 is 4.39 Å². The summed E-state index contributed by atoms with van der Waals surface area (Å²) in [6.07, 6.45) is 0. The fraction of sp³-hybridized carbons (Fsp3) is 0.0769. The third-order valence-corrected chi connectivity index (χ3v) is 2.91. The number of aromatic nitrogens is 3. The molecule has 1 aromatic carbocycles. The predicted molar refractivity (Wildman–Crippen MR) is 69.0 cm³/mol. The maximum Gasteiger partial charge on any atom is 0.178 e. The van der Waals surface area contributed by atoms with Gasteiger partial charge in [0.15, 0.2) is 5.65 Å². The summed E-state index contributed by atoms with van der Waals surface area (Å²) < 4.78 is 13.8. The van der Waals surface area contributed by atoms with Crippen molar-refractivity contribution in [1.29, 1.82) is 0 Å². The number of aromatic amines is 1. The monoisotopic (exact) mass is 261 g/mol. The molecule has 0 spiro atoms. The van der Waals surface area contributed by atoms with E-state index in [4.69, 9.17) is 11.6 Å². The van der Waals surface area contributed by atoms with E-state index >= 15 is 0 Å². The van der Waals surface area contributed by atoms with Gasteiger partial charge in [0.05, 0.1) is 11.1 Å². The highest BCUT2D eigenvalue weighted by molar-refractivity contribution is 6.30. The number of nitrogens with zero attached hydrogens (tertiary/aromatic N) is 2. The van der Waals surface area contributed by atoms with Crippen molar-refractivity contribution in [3.63, 3.8) is 0 Å². The highest BCUT2D eigenvalue weighted by Gasteiger charge is 2.11. The fourth-order valence-corrected chi connectivity index (χ4v) is 1.96. The first-order valence-corrected chi connectivity index (χ1v) is 5.80. The number of aryl methyl sites for hydroxylation is 1. The van der Waals surface area contributed by atoms with E-state index in [0.29, 0.717) is 22.1 Å². The Morgan fingerprint density at radius 1 is 1.17 bits per heavy atom. The van der Waals surface area contributed by atoms with Crippen molar-refractivity contribution in [2.75, 3.05) is 0 Å². The number of pyridine rings is 1. The lowest BCUT2D eigenvalue weighted by molar-refractivity contribution is 0.630. The molecule has 18 heavy (non-hydrogen) atoms. The maximum atomic E-state index is 13.8. The Hall–Kier alpha value is -1.94. The van der Waals surface area contributed by atoms with Crippen LogP contribution in [0.2, 0.25) is 5.02 Å². The molecule has 0 saturated carbocycles. The number of hydrogen-bond acceptors (Lipinski definition) is 2. The zero-order valence-electron chi connectivity index (χ0n) is 9.54. The summed E-state index contributed by atoms with van der Waals surface area (Å²) in [7, 11) is 0. The Morgan fingerprint density at radius 3 is 2.78 bits per heavy atom. The molecule has 0 amide bonds. The average molecular weight is 262 g/mol. The number of nitrogens with one attached hydrogen (secondary N) is 1. The van der Waals surface area contributed by atoms with Crippen molar-refractivity contribution in [2.24, 2.45) is 0 Å². The van der Waals surface area contributed by atoms with Crippen LogP contribution in [0.4, 0.5) is 4.39 Å². The average Bonchev–Trinajstić information content (AvgIpc) is 2.71. The molecule has 2 heterocycles. The van der Waals surface area contributed by atoms with E-state index in [1.807, 2.05) is 19.1 Å². The highest BCUT2D eigenvalue weighted by atomic mass is 35.5. The van der Waals surface area contributed by atoms with E-state index in [-0.39, 0.29) is 0 Å². The van der Waals surface area contributed by atoms with Crippen molar-refractivity contribution in [3.05, 3.63) is 46.9 Å². The Balaban J connectivity index is 2.19. The second-order valence-electron chi connectivity index (χ2n) is 4.03. The van der Waals surface area contributed by atoms with Crippen LogP contribution in [0.5, 0.6) is 0 Å². The molecule has 2 aromatic heterocycles. The number of fused-ring (bicyclic) bond motifs is 1. The summed E-state index contributed by atoms with van der Waals surface area (Å²) >= 11 is 5.72. The molecular weight excluding hydrogens is 253 g/mol. The third-order valence-electron chi connectivity index (χ3n) is 2.67. The van der Waals surface area contributed by atoms with Gasteiger partial charge in [-0.1, -0.05) is 11.6 Å². The molecule has 3 aromatic rings. The van der Waals surface area contributed by atoms with E-state index in [1.54, 1.807) is 12.1 Å². The van der Waals surface area contributed by atoms with Gasteiger partial charge in [-0.3, -0.25) is 0 Å². The molecule has 0 unspecified atom stereocenters. The normalized spacial score (nSPS) is 11.1. The van der Waals surface area contributed by atoms with E-state index in [2.05, 4.69) is 15.0 Å². The Kier molecular flexibility index (Phi) is 2.52. The molecule has 3 nitrogen and oxygen atoms in total. The van der Waals surface area contributed by atoms with Gasteiger partial charge >= 0.3 is 0 Å². The quantitative estimate of drug-likeness (QED) is 0.725. The summed E-state index contributed by atoms with van der Waals surface area (Å²) in [4.78, 5) is 11.6. The smallest absolute Gasteiger partial charge is 0.178 e. The van der Waals surface area contributed by atoms with Crippen LogP contribution < -0.4 is 0 Å². The zero-order chi connectivity index (χ0) is 12.7. The van der Waals surface area contributed by atoms with Gasteiger partial charge in [-0.05, 0) is 37.3 Å². The molecule has 0 aliphatic carbocycles. The minimum Gasteiger partial charge on any atom is -0.336 e. The van der Waals surface area contributed by atoms with Crippen molar-refractivity contribution in [1.82, 2.24) is 15.0 Å². The summed E-state index contributed by atoms with van der Waals surface area (Å²) in [6, 6.07) is 8.25. The summed E-state index contributed by atoms with van der Waals surface area (Å²) in [5.74, 6) is 0.0514. The first-order valence-electron chi connectivity index (χ1n) is 5.42. The molecule has 0 radical (unpaired) electrons. The van der Waals surface area contributed by atoms with Crippen molar-refractivity contribution in [2.45, 2.75) is 6.92 Å². The maximum absolute atomic E-state index is 13.8. The van der Waals surface area contributed by atoms with Crippen LogP contribution in [0.25, 0.3) is 22.6 Å². The number of H-pyrrole nitrogens is 1. The van der Waals surface area contributed by atoms with Crippen LogP contribution in [0.1, 0.15) is 5.69 Å². The van der Waals surface area contributed by atoms with Crippen LogP contribution in [0, 0.1) is 12.7 Å². The van der Waals surface area contributed by atoms with Gasteiger partial charge in [0.2, 0.25) is 0 Å². The second kappa shape index (κ2) is 4.07. The van der Waals surface area contributed by atoms with Gasteiger partial charge in [0.1, 0.15) is 11.6 Å². The number of rotatable bonds is 1. The van der Waals surface area contributed by atoms with Gasteiger partial charge in [0, 0.05) is 10.7 Å². The number of halogens is 2.